The molecule has 0 saturated carbocycles. The molecule has 1 rings (SSSR count). The maximum atomic E-state index is 13.1. The summed E-state index contributed by atoms with van der Waals surface area (Å²) in [5.41, 5.74) is 0.293. The van der Waals surface area contributed by atoms with Crippen LogP contribution in [0.25, 0.3) is 0 Å². The third-order valence-electron chi connectivity index (χ3n) is 2.95. The number of rotatable bonds is 7. The second-order valence-electron chi connectivity index (χ2n) is 4.60. The summed E-state index contributed by atoms with van der Waals surface area (Å²) in [6, 6.07) is 3.30. The first kappa shape index (κ1) is 16.5. The maximum Gasteiger partial charge on any atom is 0.233 e. The number of likely N-dealkylation sites (N-methyl/N-ethyl adjacent to an activating group) is 1. The number of hydrogen-bond acceptors (Lipinski definition) is 3. The van der Waals surface area contributed by atoms with Gasteiger partial charge < -0.3 is 10.4 Å². The van der Waals surface area contributed by atoms with Crippen LogP contribution in [0.4, 0.5) is 8.78 Å². The van der Waals surface area contributed by atoms with Crippen molar-refractivity contribution in [2.24, 2.45) is 0 Å². The topological polar surface area (TPSA) is 52.6 Å². The first-order valence-corrected chi connectivity index (χ1v) is 6.53. The number of carbonyl (C=O) groups is 1. The van der Waals surface area contributed by atoms with Crippen LogP contribution in [0.3, 0.4) is 0 Å². The van der Waals surface area contributed by atoms with Crippen molar-refractivity contribution in [1.82, 2.24) is 10.2 Å². The maximum absolute atomic E-state index is 13.1. The van der Waals surface area contributed by atoms with Crippen molar-refractivity contribution in [1.29, 1.82) is 0 Å². The lowest BCUT2D eigenvalue weighted by atomic mass is 10.1. The molecule has 4 nitrogen and oxygen atoms in total. The van der Waals surface area contributed by atoms with E-state index in [4.69, 9.17) is 0 Å². The van der Waals surface area contributed by atoms with Gasteiger partial charge in [0.1, 0.15) is 0 Å². The van der Waals surface area contributed by atoms with Crippen LogP contribution in [0.15, 0.2) is 18.2 Å². The second-order valence-corrected chi connectivity index (χ2v) is 4.60. The molecule has 0 saturated heterocycles. The molecule has 0 aliphatic rings. The standard InChI is InChI=1S/C14H20F2N2O2/c1-3-6-18(9-14(20)17-2)8-13(19)10-4-5-11(15)12(16)7-10/h4-5,7,13,19H,3,6,8-9H2,1-2H3,(H,17,20). The number of halogens is 2. The van der Waals surface area contributed by atoms with Gasteiger partial charge in [0.15, 0.2) is 11.6 Å². The largest absolute Gasteiger partial charge is 0.387 e. The Bertz CT molecular complexity index is 455. The Balaban J connectivity index is 2.71. The van der Waals surface area contributed by atoms with Crippen LogP contribution in [-0.2, 0) is 4.79 Å². The molecule has 0 spiro atoms. The van der Waals surface area contributed by atoms with Crippen molar-refractivity contribution in [3.05, 3.63) is 35.4 Å². The molecule has 0 fully saturated rings. The fourth-order valence-corrected chi connectivity index (χ4v) is 1.90. The van der Waals surface area contributed by atoms with Gasteiger partial charge in [-0.15, -0.1) is 0 Å². The minimum Gasteiger partial charge on any atom is -0.387 e. The lowest BCUT2D eigenvalue weighted by molar-refractivity contribution is -0.122. The number of aliphatic hydroxyl groups is 1. The summed E-state index contributed by atoms with van der Waals surface area (Å²) >= 11 is 0. The van der Waals surface area contributed by atoms with E-state index in [9.17, 15) is 18.7 Å². The summed E-state index contributed by atoms with van der Waals surface area (Å²) in [5, 5.41) is 12.6. The van der Waals surface area contributed by atoms with Gasteiger partial charge in [-0.1, -0.05) is 13.0 Å². The summed E-state index contributed by atoms with van der Waals surface area (Å²) in [4.78, 5) is 13.1. The van der Waals surface area contributed by atoms with E-state index in [0.717, 1.165) is 18.6 Å². The second kappa shape index (κ2) is 7.91. The molecule has 20 heavy (non-hydrogen) atoms. The molecule has 0 aromatic heterocycles. The van der Waals surface area contributed by atoms with Crippen LogP contribution in [-0.4, -0.2) is 42.6 Å². The van der Waals surface area contributed by atoms with Crippen molar-refractivity contribution in [2.75, 3.05) is 26.7 Å². The Labute approximate surface area is 117 Å². The highest BCUT2D eigenvalue weighted by Crippen LogP contribution is 2.17. The van der Waals surface area contributed by atoms with Gasteiger partial charge in [0.05, 0.1) is 12.6 Å². The molecule has 2 N–H and O–H groups in total. The van der Waals surface area contributed by atoms with Gasteiger partial charge >= 0.3 is 0 Å². The average Bonchev–Trinajstić information content (AvgIpc) is 2.41. The summed E-state index contributed by atoms with van der Waals surface area (Å²) in [6.07, 6.45) is -0.150. The number of nitrogens with zero attached hydrogens (tertiary/aromatic N) is 1. The van der Waals surface area contributed by atoms with Gasteiger partial charge in [-0.05, 0) is 30.7 Å². The number of nitrogens with one attached hydrogen (secondary N) is 1. The molecule has 0 aliphatic heterocycles. The van der Waals surface area contributed by atoms with Crippen molar-refractivity contribution in [3.63, 3.8) is 0 Å². The minimum atomic E-state index is -0.991. The highest BCUT2D eigenvalue weighted by Gasteiger charge is 2.16. The Hall–Kier alpha value is -1.53. The number of aliphatic hydroxyl groups excluding tert-OH is 1. The first-order chi connectivity index (χ1) is 9.47. The number of amides is 1. The Morgan fingerprint density at radius 1 is 1.40 bits per heavy atom. The Kier molecular flexibility index (Phi) is 6.54. The van der Waals surface area contributed by atoms with E-state index in [2.05, 4.69) is 5.32 Å². The molecule has 0 radical (unpaired) electrons. The smallest absolute Gasteiger partial charge is 0.233 e. The van der Waals surface area contributed by atoms with E-state index in [1.54, 1.807) is 4.90 Å². The first-order valence-electron chi connectivity index (χ1n) is 6.53. The summed E-state index contributed by atoms with van der Waals surface area (Å²) in [7, 11) is 1.54. The third kappa shape index (κ3) is 4.86. The molecule has 1 amide bonds. The van der Waals surface area contributed by atoms with Crippen LogP contribution in [0.1, 0.15) is 25.0 Å². The molecule has 1 aromatic rings. The normalized spacial score (nSPS) is 12.5. The van der Waals surface area contributed by atoms with E-state index in [0.29, 0.717) is 12.1 Å². The van der Waals surface area contributed by atoms with Crippen molar-refractivity contribution in [3.8, 4) is 0 Å². The van der Waals surface area contributed by atoms with E-state index in [1.807, 2.05) is 6.92 Å². The number of hydrogen-bond donors (Lipinski definition) is 2. The fraction of sp³-hybridized carbons (Fsp3) is 0.500. The SMILES string of the molecule is CCCN(CC(=O)NC)CC(O)c1ccc(F)c(F)c1. The monoisotopic (exact) mass is 286 g/mol. The van der Waals surface area contributed by atoms with Crippen molar-refractivity contribution >= 4 is 5.91 Å². The molecule has 0 aliphatic carbocycles. The van der Waals surface area contributed by atoms with Gasteiger partial charge in [-0.3, -0.25) is 9.69 Å². The van der Waals surface area contributed by atoms with Gasteiger partial charge in [0, 0.05) is 13.6 Å². The number of carbonyl (C=O) groups excluding carboxylic acids is 1. The summed E-state index contributed by atoms with van der Waals surface area (Å²) < 4.78 is 26.0. The van der Waals surface area contributed by atoms with Crippen LogP contribution in [0, 0.1) is 11.6 Å². The molecule has 1 aromatic carbocycles. The van der Waals surface area contributed by atoms with Crippen LogP contribution >= 0.6 is 0 Å². The van der Waals surface area contributed by atoms with Crippen molar-refractivity contribution < 1.29 is 18.7 Å². The molecular weight excluding hydrogens is 266 g/mol. The zero-order valence-corrected chi connectivity index (χ0v) is 11.7. The van der Waals surface area contributed by atoms with Gasteiger partial charge in [-0.2, -0.15) is 0 Å². The zero-order valence-electron chi connectivity index (χ0n) is 11.7. The lowest BCUT2D eigenvalue weighted by Crippen LogP contribution is -2.38. The molecule has 0 bridgehead atoms. The summed E-state index contributed by atoms with van der Waals surface area (Å²) in [5.74, 6) is -2.09. The Morgan fingerprint density at radius 3 is 2.65 bits per heavy atom. The van der Waals surface area contributed by atoms with Crippen LogP contribution in [0.5, 0.6) is 0 Å². The molecular formula is C14H20F2N2O2. The van der Waals surface area contributed by atoms with E-state index in [-0.39, 0.29) is 19.0 Å². The molecule has 1 atom stereocenters. The third-order valence-corrected chi connectivity index (χ3v) is 2.95. The highest BCUT2D eigenvalue weighted by atomic mass is 19.2. The zero-order chi connectivity index (χ0) is 15.1. The van der Waals surface area contributed by atoms with Gasteiger partial charge in [0.2, 0.25) is 5.91 Å². The van der Waals surface area contributed by atoms with Gasteiger partial charge in [0.25, 0.3) is 0 Å². The fourth-order valence-electron chi connectivity index (χ4n) is 1.90. The van der Waals surface area contributed by atoms with E-state index < -0.39 is 17.7 Å². The molecule has 112 valence electrons. The van der Waals surface area contributed by atoms with Gasteiger partial charge in [-0.25, -0.2) is 8.78 Å². The molecule has 0 heterocycles. The van der Waals surface area contributed by atoms with Crippen LogP contribution < -0.4 is 5.32 Å². The molecule has 1 unspecified atom stereocenters. The van der Waals surface area contributed by atoms with E-state index in [1.165, 1.54) is 13.1 Å². The van der Waals surface area contributed by atoms with E-state index >= 15 is 0 Å². The number of benzene rings is 1. The minimum absolute atomic E-state index is 0.157. The average molecular weight is 286 g/mol. The Morgan fingerprint density at radius 2 is 2.10 bits per heavy atom. The highest BCUT2D eigenvalue weighted by molar-refractivity contribution is 5.77. The summed E-state index contributed by atoms with van der Waals surface area (Å²) in [6.45, 7) is 2.94. The quantitative estimate of drug-likeness (QED) is 0.798. The van der Waals surface area contributed by atoms with Crippen LogP contribution in [0.2, 0.25) is 0 Å². The van der Waals surface area contributed by atoms with Crippen molar-refractivity contribution in [2.45, 2.75) is 19.4 Å². The lowest BCUT2D eigenvalue weighted by Gasteiger charge is -2.24. The molecule has 6 heteroatoms. The predicted octanol–water partition coefficient (Wildman–Crippen LogP) is 1.46. The predicted molar refractivity (Wildman–Crippen MR) is 72.1 cm³/mol.